The summed E-state index contributed by atoms with van der Waals surface area (Å²) < 4.78 is 5.71. The molecule has 90 valence electrons. The molecular formula is C11H11BrN2O2S. The molecule has 0 saturated carbocycles. The molecule has 0 atom stereocenters. The van der Waals surface area contributed by atoms with Crippen molar-refractivity contribution in [3.8, 4) is 0 Å². The molecule has 2 heterocycles. The maximum Gasteiger partial charge on any atom is 0.287 e. The van der Waals surface area contributed by atoms with Crippen LogP contribution < -0.4 is 5.32 Å². The third kappa shape index (κ3) is 3.17. The first-order valence-electron chi connectivity index (χ1n) is 5.09. The summed E-state index contributed by atoms with van der Waals surface area (Å²) in [4.78, 5) is 17.0. The van der Waals surface area contributed by atoms with Gasteiger partial charge >= 0.3 is 0 Å². The summed E-state index contributed by atoms with van der Waals surface area (Å²) >= 11 is 4.76. The molecule has 2 aromatic heterocycles. The highest BCUT2D eigenvalue weighted by molar-refractivity contribution is 9.10. The molecule has 0 aromatic carbocycles. The first-order valence-corrected chi connectivity index (χ1v) is 6.76. The van der Waals surface area contributed by atoms with E-state index >= 15 is 0 Å². The number of carbonyl (C=O) groups is 1. The summed E-state index contributed by atoms with van der Waals surface area (Å²) in [6.07, 6.45) is 0.796. The maximum atomic E-state index is 11.6. The fraction of sp³-hybridized carbons (Fsp3) is 0.273. The van der Waals surface area contributed by atoms with Crippen molar-refractivity contribution in [2.45, 2.75) is 13.3 Å². The molecule has 0 bridgehead atoms. The number of rotatable bonds is 4. The third-order valence-electron chi connectivity index (χ3n) is 2.28. The van der Waals surface area contributed by atoms with Crippen LogP contribution in [0.1, 0.15) is 21.1 Å². The molecule has 1 N–H and O–H groups in total. The second kappa shape index (κ2) is 5.46. The molecule has 0 unspecified atom stereocenters. The Kier molecular flexibility index (Phi) is 3.96. The Hall–Kier alpha value is -1.14. The Morgan fingerprint density at radius 1 is 1.59 bits per heavy atom. The van der Waals surface area contributed by atoms with Gasteiger partial charge in [-0.05, 0) is 35.0 Å². The van der Waals surface area contributed by atoms with Crippen molar-refractivity contribution in [1.82, 2.24) is 10.3 Å². The molecule has 0 aliphatic heterocycles. The topological polar surface area (TPSA) is 55.1 Å². The Morgan fingerprint density at radius 2 is 2.41 bits per heavy atom. The van der Waals surface area contributed by atoms with Gasteiger partial charge in [-0.3, -0.25) is 4.79 Å². The molecule has 1 amide bonds. The van der Waals surface area contributed by atoms with Crippen molar-refractivity contribution in [2.24, 2.45) is 0 Å². The lowest BCUT2D eigenvalue weighted by molar-refractivity contribution is 0.0925. The van der Waals surface area contributed by atoms with Gasteiger partial charge in [-0.25, -0.2) is 4.98 Å². The monoisotopic (exact) mass is 314 g/mol. The standard InChI is InChI=1S/C11H11BrN2O2S/c1-7-9(17-6-14-7)4-5-13-11(15)8-2-3-10(12)16-8/h2-3,6H,4-5H2,1H3,(H,13,15). The lowest BCUT2D eigenvalue weighted by Crippen LogP contribution is -2.25. The molecule has 0 fully saturated rings. The number of hydrogen-bond donors (Lipinski definition) is 1. The molecule has 0 saturated heterocycles. The van der Waals surface area contributed by atoms with Gasteiger partial charge in [0.15, 0.2) is 10.4 Å². The second-order valence-electron chi connectivity index (χ2n) is 3.47. The number of aryl methyl sites for hydroxylation is 1. The minimum Gasteiger partial charge on any atom is -0.444 e. The lowest BCUT2D eigenvalue weighted by Gasteiger charge is -2.01. The van der Waals surface area contributed by atoms with Gasteiger partial charge in [0.05, 0.1) is 11.2 Å². The second-order valence-corrected chi connectivity index (χ2v) is 5.19. The van der Waals surface area contributed by atoms with Crippen molar-refractivity contribution in [3.05, 3.63) is 38.6 Å². The summed E-state index contributed by atoms with van der Waals surface area (Å²) in [5.74, 6) is 0.121. The van der Waals surface area contributed by atoms with Crippen LogP contribution in [-0.4, -0.2) is 17.4 Å². The SMILES string of the molecule is Cc1ncsc1CCNC(=O)c1ccc(Br)o1. The lowest BCUT2D eigenvalue weighted by atomic mass is 10.3. The van der Waals surface area contributed by atoms with E-state index in [4.69, 9.17) is 4.42 Å². The van der Waals surface area contributed by atoms with E-state index in [1.165, 1.54) is 4.88 Å². The molecule has 0 aliphatic rings. The molecule has 6 heteroatoms. The summed E-state index contributed by atoms with van der Waals surface area (Å²) in [6.45, 7) is 2.55. The highest BCUT2D eigenvalue weighted by Crippen LogP contribution is 2.14. The maximum absolute atomic E-state index is 11.6. The normalized spacial score (nSPS) is 10.5. The van der Waals surface area contributed by atoms with E-state index in [9.17, 15) is 4.79 Å². The van der Waals surface area contributed by atoms with Crippen LogP contribution in [0.15, 0.2) is 26.7 Å². The van der Waals surface area contributed by atoms with E-state index in [-0.39, 0.29) is 5.91 Å². The van der Waals surface area contributed by atoms with Gasteiger partial charge in [0.25, 0.3) is 5.91 Å². The van der Waals surface area contributed by atoms with Crippen molar-refractivity contribution in [3.63, 3.8) is 0 Å². The molecule has 2 aromatic rings. The molecular weight excluding hydrogens is 304 g/mol. The zero-order valence-corrected chi connectivity index (χ0v) is 11.6. The minimum atomic E-state index is -0.196. The molecule has 0 spiro atoms. The van der Waals surface area contributed by atoms with Gasteiger partial charge in [-0.1, -0.05) is 0 Å². The summed E-state index contributed by atoms with van der Waals surface area (Å²) in [6, 6.07) is 3.33. The number of nitrogens with zero attached hydrogens (tertiary/aromatic N) is 1. The zero-order valence-electron chi connectivity index (χ0n) is 9.20. The number of nitrogens with one attached hydrogen (secondary N) is 1. The van der Waals surface area contributed by atoms with Crippen LogP contribution in [-0.2, 0) is 6.42 Å². The van der Waals surface area contributed by atoms with Crippen LogP contribution in [0, 0.1) is 6.92 Å². The summed E-state index contributed by atoms with van der Waals surface area (Å²) in [5.41, 5.74) is 2.85. The van der Waals surface area contributed by atoms with Crippen LogP contribution >= 0.6 is 27.3 Å². The Labute approximate surface area is 111 Å². The highest BCUT2D eigenvalue weighted by Gasteiger charge is 2.10. The first kappa shape index (κ1) is 12.3. The van der Waals surface area contributed by atoms with Gasteiger partial charge in [0.1, 0.15) is 0 Å². The van der Waals surface area contributed by atoms with Crippen LogP contribution in [0.2, 0.25) is 0 Å². The minimum absolute atomic E-state index is 0.196. The number of halogens is 1. The Balaban J connectivity index is 1.83. The predicted octanol–water partition coefficient (Wildman–Crippen LogP) is 2.78. The van der Waals surface area contributed by atoms with Gasteiger partial charge in [0, 0.05) is 17.8 Å². The van der Waals surface area contributed by atoms with Crippen LogP contribution in [0.5, 0.6) is 0 Å². The largest absolute Gasteiger partial charge is 0.444 e. The number of amides is 1. The van der Waals surface area contributed by atoms with Crippen LogP contribution in [0.4, 0.5) is 0 Å². The first-order chi connectivity index (χ1) is 8.16. The average molecular weight is 315 g/mol. The number of hydrogen-bond acceptors (Lipinski definition) is 4. The third-order valence-corrected chi connectivity index (χ3v) is 3.70. The quantitative estimate of drug-likeness (QED) is 0.944. The fourth-order valence-corrected chi connectivity index (χ4v) is 2.47. The van der Waals surface area contributed by atoms with Gasteiger partial charge < -0.3 is 9.73 Å². The zero-order chi connectivity index (χ0) is 12.3. The summed E-state index contributed by atoms with van der Waals surface area (Å²) in [5, 5.41) is 2.80. The van der Waals surface area contributed by atoms with Crippen molar-refractivity contribution < 1.29 is 9.21 Å². The fourth-order valence-electron chi connectivity index (χ4n) is 1.38. The van der Waals surface area contributed by atoms with E-state index in [1.54, 1.807) is 23.5 Å². The Morgan fingerprint density at radius 3 is 3.00 bits per heavy atom. The smallest absolute Gasteiger partial charge is 0.287 e. The highest BCUT2D eigenvalue weighted by atomic mass is 79.9. The van der Waals surface area contributed by atoms with E-state index in [1.807, 2.05) is 12.4 Å². The molecule has 2 rings (SSSR count). The molecule has 0 radical (unpaired) electrons. The van der Waals surface area contributed by atoms with E-state index in [0.717, 1.165) is 12.1 Å². The van der Waals surface area contributed by atoms with Crippen molar-refractivity contribution in [2.75, 3.05) is 6.54 Å². The molecule has 4 nitrogen and oxygen atoms in total. The Bertz CT molecular complexity index is 521. The van der Waals surface area contributed by atoms with Gasteiger partial charge in [-0.2, -0.15) is 0 Å². The number of thiazole rings is 1. The van der Waals surface area contributed by atoms with Crippen LogP contribution in [0.25, 0.3) is 0 Å². The van der Waals surface area contributed by atoms with E-state index < -0.39 is 0 Å². The van der Waals surface area contributed by atoms with Crippen molar-refractivity contribution >= 4 is 33.2 Å². The number of aromatic nitrogens is 1. The molecule has 0 aliphatic carbocycles. The van der Waals surface area contributed by atoms with E-state index in [0.29, 0.717) is 17.0 Å². The number of carbonyl (C=O) groups excluding carboxylic acids is 1. The van der Waals surface area contributed by atoms with Gasteiger partial charge in [0.2, 0.25) is 0 Å². The number of furan rings is 1. The van der Waals surface area contributed by atoms with E-state index in [2.05, 4.69) is 26.2 Å². The van der Waals surface area contributed by atoms with Crippen molar-refractivity contribution in [1.29, 1.82) is 0 Å². The molecule has 17 heavy (non-hydrogen) atoms. The van der Waals surface area contributed by atoms with Crippen LogP contribution in [0.3, 0.4) is 0 Å². The summed E-state index contributed by atoms with van der Waals surface area (Å²) in [7, 11) is 0. The van der Waals surface area contributed by atoms with Gasteiger partial charge in [-0.15, -0.1) is 11.3 Å². The average Bonchev–Trinajstić information content (AvgIpc) is 2.88. The predicted molar refractivity (Wildman–Crippen MR) is 69.3 cm³/mol.